The van der Waals surface area contributed by atoms with Crippen molar-refractivity contribution in [3.8, 4) is 5.75 Å². The molecule has 1 aromatic rings. The van der Waals surface area contributed by atoms with E-state index in [4.69, 9.17) is 0 Å². The average Bonchev–Trinajstić information content (AvgIpc) is 2.38. The number of hydrogen-bond donors (Lipinski definition) is 2. The number of phenols is 1. The molecule has 2 saturated heterocycles. The maximum absolute atomic E-state index is 9.87. The molecule has 0 spiro atoms. The summed E-state index contributed by atoms with van der Waals surface area (Å²) in [6, 6.07) is 6.57. The van der Waals surface area contributed by atoms with Crippen LogP contribution in [0.5, 0.6) is 5.75 Å². The Morgan fingerprint density at radius 2 is 2.00 bits per heavy atom. The fourth-order valence-electron chi connectivity index (χ4n) is 3.03. The SMILES string of the molecule is Cc1ccc(O)c(CN2CC(N3CCNCC3)C2)c1. The number of hydrogen-bond acceptors (Lipinski definition) is 4. The second-order valence-electron chi connectivity index (χ2n) is 5.77. The summed E-state index contributed by atoms with van der Waals surface area (Å²) in [5.41, 5.74) is 2.27. The van der Waals surface area contributed by atoms with Crippen molar-refractivity contribution in [2.75, 3.05) is 39.3 Å². The Morgan fingerprint density at radius 1 is 1.26 bits per heavy atom. The third-order valence-corrected chi connectivity index (χ3v) is 4.23. The second kappa shape index (κ2) is 5.49. The zero-order valence-electron chi connectivity index (χ0n) is 11.6. The van der Waals surface area contributed by atoms with Crippen molar-refractivity contribution in [2.24, 2.45) is 0 Å². The minimum absolute atomic E-state index is 0.427. The summed E-state index contributed by atoms with van der Waals surface area (Å²) in [5, 5.41) is 13.3. The van der Waals surface area contributed by atoms with Gasteiger partial charge in [-0.15, -0.1) is 0 Å². The van der Waals surface area contributed by atoms with E-state index in [1.54, 1.807) is 6.07 Å². The lowest BCUT2D eigenvalue weighted by Gasteiger charge is -2.47. The molecule has 1 aromatic carbocycles. The molecule has 0 aliphatic carbocycles. The Kier molecular flexibility index (Phi) is 3.73. The van der Waals surface area contributed by atoms with Gasteiger partial charge >= 0.3 is 0 Å². The van der Waals surface area contributed by atoms with Crippen LogP contribution in [0.15, 0.2) is 18.2 Å². The smallest absolute Gasteiger partial charge is 0.120 e. The van der Waals surface area contributed by atoms with Gasteiger partial charge in [0.25, 0.3) is 0 Å². The van der Waals surface area contributed by atoms with E-state index in [9.17, 15) is 5.11 Å². The second-order valence-corrected chi connectivity index (χ2v) is 5.77. The molecule has 0 aromatic heterocycles. The van der Waals surface area contributed by atoms with Gasteiger partial charge in [0, 0.05) is 57.4 Å². The Balaban J connectivity index is 1.52. The van der Waals surface area contributed by atoms with E-state index in [0.717, 1.165) is 38.3 Å². The van der Waals surface area contributed by atoms with Crippen molar-refractivity contribution in [3.05, 3.63) is 29.3 Å². The Bertz CT molecular complexity index is 437. The molecular formula is C15H23N3O. The lowest BCUT2D eigenvalue weighted by molar-refractivity contribution is 0.0219. The number of nitrogens with one attached hydrogen (secondary N) is 1. The molecule has 0 saturated carbocycles. The van der Waals surface area contributed by atoms with Crippen LogP contribution in [0.1, 0.15) is 11.1 Å². The quantitative estimate of drug-likeness (QED) is 0.844. The van der Waals surface area contributed by atoms with Crippen LogP contribution < -0.4 is 5.32 Å². The van der Waals surface area contributed by atoms with Gasteiger partial charge in [0.1, 0.15) is 5.75 Å². The van der Waals surface area contributed by atoms with Gasteiger partial charge in [-0.25, -0.2) is 0 Å². The molecule has 0 amide bonds. The van der Waals surface area contributed by atoms with E-state index >= 15 is 0 Å². The van der Waals surface area contributed by atoms with Gasteiger partial charge in [-0.05, 0) is 13.0 Å². The van der Waals surface area contributed by atoms with Crippen molar-refractivity contribution < 1.29 is 5.11 Å². The highest BCUT2D eigenvalue weighted by atomic mass is 16.3. The van der Waals surface area contributed by atoms with Gasteiger partial charge in [0.2, 0.25) is 0 Å². The van der Waals surface area contributed by atoms with Crippen LogP contribution in [0.3, 0.4) is 0 Å². The standard InChI is InChI=1S/C15H23N3O/c1-12-2-3-15(19)13(8-12)9-17-10-14(11-17)18-6-4-16-5-7-18/h2-3,8,14,16,19H,4-7,9-11H2,1H3. The maximum Gasteiger partial charge on any atom is 0.120 e. The van der Waals surface area contributed by atoms with Crippen LogP contribution in [-0.2, 0) is 6.54 Å². The van der Waals surface area contributed by atoms with E-state index in [2.05, 4.69) is 28.1 Å². The summed E-state index contributed by atoms with van der Waals surface area (Å²) in [6.45, 7) is 9.80. The first-order valence-corrected chi connectivity index (χ1v) is 7.18. The van der Waals surface area contributed by atoms with Crippen molar-refractivity contribution in [1.82, 2.24) is 15.1 Å². The van der Waals surface area contributed by atoms with Crippen molar-refractivity contribution in [3.63, 3.8) is 0 Å². The Morgan fingerprint density at radius 3 is 2.74 bits per heavy atom. The van der Waals surface area contributed by atoms with Gasteiger partial charge in [0.15, 0.2) is 0 Å². The number of phenolic OH excluding ortho intramolecular Hbond substituents is 1. The van der Waals surface area contributed by atoms with E-state index < -0.39 is 0 Å². The number of piperazine rings is 1. The number of aromatic hydroxyl groups is 1. The molecule has 19 heavy (non-hydrogen) atoms. The Hall–Kier alpha value is -1.10. The monoisotopic (exact) mass is 261 g/mol. The number of benzene rings is 1. The van der Waals surface area contributed by atoms with Crippen LogP contribution in [0, 0.1) is 6.92 Å². The number of likely N-dealkylation sites (tertiary alicyclic amines) is 1. The van der Waals surface area contributed by atoms with Crippen molar-refractivity contribution in [1.29, 1.82) is 0 Å². The molecule has 3 rings (SSSR count). The highest BCUT2D eigenvalue weighted by Gasteiger charge is 2.32. The highest BCUT2D eigenvalue weighted by molar-refractivity contribution is 5.35. The lowest BCUT2D eigenvalue weighted by Crippen LogP contribution is -2.62. The summed E-state index contributed by atoms with van der Waals surface area (Å²) in [5.74, 6) is 0.427. The molecule has 0 radical (unpaired) electrons. The lowest BCUT2D eigenvalue weighted by atomic mass is 10.0. The summed E-state index contributed by atoms with van der Waals surface area (Å²) in [7, 11) is 0. The summed E-state index contributed by atoms with van der Waals surface area (Å²) >= 11 is 0. The zero-order valence-corrected chi connectivity index (χ0v) is 11.6. The van der Waals surface area contributed by atoms with Gasteiger partial charge in [-0.2, -0.15) is 0 Å². The molecule has 4 nitrogen and oxygen atoms in total. The number of rotatable bonds is 3. The van der Waals surface area contributed by atoms with Crippen molar-refractivity contribution >= 4 is 0 Å². The molecule has 2 N–H and O–H groups in total. The first-order valence-electron chi connectivity index (χ1n) is 7.18. The predicted molar refractivity (Wildman–Crippen MR) is 76.4 cm³/mol. The molecule has 104 valence electrons. The topological polar surface area (TPSA) is 38.7 Å². The average molecular weight is 261 g/mol. The fraction of sp³-hybridized carbons (Fsp3) is 0.600. The summed E-state index contributed by atoms with van der Waals surface area (Å²) in [4.78, 5) is 5.00. The van der Waals surface area contributed by atoms with Crippen molar-refractivity contribution in [2.45, 2.75) is 19.5 Å². The molecule has 0 bridgehead atoms. The van der Waals surface area contributed by atoms with Crippen LogP contribution in [-0.4, -0.2) is 60.2 Å². The van der Waals surface area contributed by atoms with Gasteiger partial charge in [-0.1, -0.05) is 17.7 Å². The Labute approximate surface area is 115 Å². The van der Waals surface area contributed by atoms with E-state index in [0.29, 0.717) is 11.8 Å². The molecule has 2 heterocycles. The first kappa shape index (κ1) is 12.9. The first-order chi connectivity index (χ1) is 9.22. The molecule has 0 atom stereocenters. The van der Waals surface area contributed by atoms with Crippen LogP contribution >= 0.6 is 0 Å². The maximum atomic E-state index is 9.87. The minimum Gasteiger partial charge on any atom is -0.508 e. The predicted octanol–water partition coefficient (Wildman–Crippen LogP) is 0.790. The van der Waals surface area contributed by atoms with Crippen LogP contribution in [0.2, 0.25) is 0 Å². The molecule has 2 aliphatic heterocycles. The van der Waals surface area contributed by atoms with E-state index in [1.807, 2.05) is 6.07 Å². The molecule has 4 heteroatoms. The van der Waals surface area contributed by atoms with Crippen LogP contribution in [0.4, 0.5) is 0 Å². The molecule has 2 fully saturated rings. The van der Waals surface area contributed by atoms with E-state index in [-0.39, 0.29) is 0 Å². The molecular weight excluding hydrogens is 238 g/mol. The number of nitrogens with zero attached hydrogens (tertiary/aromatic N) is 2. The normalized spacial score (nSPS) is 22.4. The summed E-state index contributed by atoms with van der Waals surface area (Å²) < 4.78 is 0. The minimum atomic E-state index is 0.427. The summed E-state index contributed by atoms with van der Waals surface area (Å²) in [6.07, 6.45) is 0. The largest absolute Gasteiger partial charge is 0.508 e. The van der Waals surface area contributed by atoms with Gasteiger partial charge in [0.05, 0.1) is 0 Å². The third-order valence-electron chi connectivity index (χ3n) is 4.23. The highest BCUT2D eigenvalue weighted by Crippen LogP contribution is 2.24. The number of aryl methyl sites for hydroxylation is 1. The fourth-order valence-corrected chi connectivity index (χ4v) is 3.03. The molecule has 0 unspecified atom stereocenters. The van der Waals surface area contributed by atoms with E-state index in [1.165, 1.54) is 18.7 Å². The zero-order chi connectivity index (χ0) is 13.2. The van der Waals surface area contributed by atoms with Gasteiger partial charge in [-0.3, -0.25) is 9.80 Å². The third kappa shape index (κ3) is 2.91. The van der Waals surface area contributed by atoms with Crippen LogP contribution in [0.25, 0.3) is 0 Å². The van der Waals surface area contributed by atoms with Gasteiger partial charge < -0.3 is 10.4 Å². The molecule has 2 aliphatic rings.